The second-order valence-corrected chi connectivity index (χ2v) is 7.03. The van der Waals surface area contributed by atoms with Crippen LogP contribution in [0.1, 0.15) is 42.1 Å². The Balaban J connectivity index is 1.84. The third kappa shape index (κ3) is 5.49. The van der Waals surface area contributed by atoms with Crippen molar-refractivity contribution in [2.24, 2.45) is 0 Å². The molecule has 0 saturated carbocycles. The van der Waals surface area contributed by atoms with Crippen molar-refractivity contribution in [3.8, 4) is 0 Å². The van der Waals surface area contributed by atoms with Crippen molar-refractivity contribution in [1.29, 1.82) is 0 Å². The van der Waals surface area contributed by atoms with Crippen LogP contribution >= 0.6 is 11.8 Å². The Morgan fingerprint density at radius 2 is 2.16 bits per heavy atom. The SMILES string of the molecule is CCCCC(=O)N1CSCC1C(=O)NCCc1cccc(C(=O)O)c1. The van der Waals surface area contributed by atoms with Gasteiger partial charge in [-0.15, -0.1) is 11.8 Å². The van der Waals surface area contributed by atoms with Crippen molar-refractivity contribution in [2.45, 2.75) is 38.6 Å². The van der Waals surface area contributed by atoms with Crippen LogP contribution in [0.25, 0.3) is 0 Å². The second-order valence-electron chi connectivity index (χ2n) is 6.03. The number of carbonyl (C=O) groups is 3. The van der Waals surface area contributed by atoms with Gasteiger partial charge in [0.1, 0.15) is 6.04 Å². The van der Waals surface area contributed by atoms with E-state index in [-0.39, 0.29) is 17.4 Å². The van der Waals surface area contributed by atoms with Gasteiger partial charge in [0.05, 0.1) is 11.4 Å². The molecule has 0 aliphatic carbocycles. The van der Waals surface area contributed by atoms with Crippen molar-refractivity contribution in [2.75, 3.05) is 18.2 Å². The molecule has 7 heteroatoms. The Hall–Kier alpha value is -2.02. The van der Waals surface area contributed by atoms with Crippen molar-refractivity contribution in [3.63, 3.8) is 0 Å². The van der Waals surface area contributed by atoms with E-state index in [1.807, 2.05) is 13.0 Å². The zero-order valence-corrected chi connectivity index (χ0v) is 15.2. The molecule has 1 aromatic carbocycles. The van der Waals surface area contributed by atoms with Gasteiger partial charge in [-0.3, -0.25) is 9.59 Å². The first-order valence-electron chi connectivity index (χ1n) is 8.50. The summed E-state index contributed by atoms with van der Waals surface area (Å²) in [4.78, 5) is 37.2. The number of hydrogen-bond donors (Lipinski definition) is 2. The fraction of sp³-hybridized carbons (Fsp3) is 0.500. The van der Waals surface area contributed by atoms with Gasteiger partial charge in [0.15, 0.2) is 0 Å². The predicted molar refractivity (Wildman–Crippen MR) is 97.6 cm³/mol. The molecule has 0 radical (unpaired) electrons. The number of hydrogen-bond acceptors (Lipinski definition) is 4. The highest BCUT2D eigenvalue weighted by Gasteiger charge is 2.33. The molecule has 1 heterocycles. The number of nitrogens with one attached hydrogen (secondary N) is 1. The second kappa shape index (κ2) is 9.46. The molecule has 1 fully saturated rings. The van der Waals surface area contributed by atoms with Gasteiger partial charge < -0.3 is 15.3 Å². The monoisotopic (exact) mass is 364 g/mol. The van der Waals surface area contributed by atoms with Crippen LogP contribution in [0.4, 0.5) is 0 Å². The summed E-state index contributed by atoms with van der Waals surface area (Å²) in [6, 6.07) is 6.28. The van der Waals surface area contributed by atoms with Crippen molar-refractivity contribution in [1.82, 2.24) is 10.2 Å². The number of amides is 2. The topological polar surface area (TPSA) is 86.7 Å². The molecule has 1 aliphatic rings. The third-order valence-electron chi connectivity index (χ3n) is 4.14. The molecule has 6 nitrogen and oxygen atoms in total. The Morgan fingerprint density at radius 3 is 2.88 bits per heavy atom. The molecule has 2 N–H and O–H groups in total. The summed E-state index contributed by atoms with van der Waals surface area (Å²) in [5, 5.41) is 11.9. The van der Waals surface area contributed by atoms with E-state index in [0.29, 0.717) is 31.0 Å². The molecule has 1 unspecified atom stereocenters. The molecule has 1 atom stereocenters. The quantitative estimate of drug-likeness (QED) is 0.738. The van der Waals surface area contributed by atoms with Crippen molar-refractivity contribution >= 4 is 29.5 Å². The fourth-order valence-electron chi connectivity index (χ4n) is 2.68. The van der Waals surface area contributed by atoms with E-state index in [0.717, 1.165) is 18.4 Å². The van der Waals surface area contributed by atoms with E-state index in [4.69, 9.17) is 5.11 Å². The molecular formula is C18H24N2O4S. The number of nitrogens with zero attached hydrogens (tertiary/aromatic N) is 1. The molecular weight excluding hydrogens is 340 g/mol. The Morgan fingerprint density at radius 1 is 1.36 bits per heavy atom. The van der Waals surface area contributed by atoms with Gasteiger partial charge in [0.2, 0.25) is 11.8 Å². The normalized spacial score (nSPS) is 16.7. The first kappa shape index (κ1) is 19.3. The van der Waals surface area contributed by atoms with E-state index >= 15 is 0 Å². The van der Waals surface area contributed by atoms with Gasteiger partial charge in [-0.05, 0) is 30.5 Å². The summed E-state index contributed by atoms with van der Waals surface area (Å²) in [6.07, 6.45) is 2.84. The van der Waals surface area contributed by atoms with Crippen LogP contribution in [0.3, 0.4) is 0 Å². The Bertz CT molecular complexity index is 635. The molecule has 0 aromatic heterocycles. The zero-order chi connectivity index (χ0) is 18.2. The highest BCUT2D eigenvalue weighted by molar-refractivity contribution is 7.99. The van der Waals surface area contributed by atoms with Gasteiger partial charge >= 0.3 is 5.97 Å². The first-order chi connectivity index (χ1) is 12.0. The van der Waals surface area contributed by atoms with Crippen LogP contribution in [0.5, 0.6) is 0 Å². The molecule has 0 bridgehead atoms. The number of rotatable bonds is 8. The maximum atomic E-state index is 12.4. The third-order valence-corrected chi connectivity index (χ3v) is 5.15. The van der Waals surface area contributed by atoms with Gasteiger partial charge in [0.25, 0.3) is 0 Å². The summed E-state index contributed by atoms with van der Waals surface area (Å²) < 4.78 is 0. The van der Waals surface area contributed by atoms with E-state index in [9.17, 15) is 14.4 Å². The van der Waals surface area contributed by atoms with Crippen LogP contribution < -0.4 is 5.32 Å². The van der Waals surface area contributed by atoms with Gasteiger partial charge in [-0.2, -0.15) is 0 Å². The lowest BCUT2D eigenvalue weighted by Gasteiger charge is -2.23. The number of unbranched alkanes of at least 4 members (excludes halogenated alkanes) is 1. The van der Waals surface area contributed by atoms with E-state index in [1.165, 1.54) is 0 Å². The van der Waals surface area contributed by atoms with E-state index in [2.05, 4.69) is 5.32 Å². The van der Waals surface area contributed by atoms with Gasteiger partial charge in [0, 0.05) is 18.7 Å². The van der Waals surface area contributed by atoms with Crippen LogP contribution in [-0.4, -0.2) is 52.0 Å². The first-order valence-corrected chi connectivity index (χ1v) is 9.65. The molecule has 0 spiro atoms. The average molecular weight is 364 g/mol. The number of carboxylic acids is 1. The van der Waals surface area contributed by atoms with Crippen molar-refractivity contribution < 1.29 is 19.5 Å². The minimum atomic E-state index is -0.963. The number of carbonyl (C=O) groups excluding carboxylic acids is 2. The predicted octanol–water partition coefficient (Wildman–Crippen LogP) is 2.14. The fourth-order valence-corrected chi connectivity index (χ4v) is 3.87. The van der Waals surface area contributed by atoms with Crippen molar-refractivity contribution in [3.05, 3.63) is 35.4 Å². The zero-order valence-electron chi connectivity index (χ0n) is 14.4. The molecule has 1 aliphatic heterocycles. The lowest BCUT2D eigenvalue weighted by molar-refractivity contribution is -0.138. The van der Waals surface area contributed by atoms with E-state index < -0.39 is 12.0 Å². The van der Waals surface area contributed by atoms with E-state index in [1.54, 1.807) is 34.9 Å². The Labute approximate surface area is 152 Å². The van der Waals surface area contributed by atoms with Crippen LogP contribution in [0.15, 0.2) is 24.3 Å². The summed E-state index contributed by atoms with van der Waals surface area (Å²) >= 11 is 1.59. The lowest BCUT2D eigenvalue weighted by Crippen LogP contribution is -2.47. The molecule has 25 heavy (non-hydrogen) atoms. The molecule has 2 amide bonds. The number of carboxylic acid groups (broad SMARTS) is 1. The highest BCUT2D eigenvalue weighted by Crippen LogP contribution is 2.22. The van der Waals surface area contributed by atoms with Crippen LogP contribution in [0, 0.1) is 0 Å². The summed E-state index contributed by atoms with van der Waals surface area (Å²) in [7, 11) is 0. The summed E-state index contributed by atoms with van der Waals surface area (Å²) in [5.41, 5.74) is 1.10. The van der Waals surface area contributed by atoms with Gasteiger partial charge in [-0.25, -0.2) is 4.79 Å². The smallest absolute Gasteiger partial charge is 0.335 e. The summed E-state index contributed by atoms with van der Waals surface area (Å²) in [6.45, 7) is 2.45. The number of benzene rings is 1. The molecule has 2 rings (SSSR count). The highest BCUT2D eigenvalue weighted by atomic mass is 32.2. The maximum Gasteiger partial charge on any atom is 0.335 e. The summed E-state index contributed by atoms with van der Waals surface area (Å²) in [5.74, 6) is 0.139. The number of aromatic carboxylic acids is 1. The molecule has 1 saturated heterocycles. The molecule has 136 valence electrons. The maximum absolute atomic E-state index is 12.4. The van der Waals surface area contributed by atoms with Crippen LogP contribution in [-0.2, 0) is 16.0 Å². The number of thioether (sulfide) groups is 1. The standard InChI is InChI=1S/C18H24N2O4S/c1-2-3-7-16(21)20-12-25-11-15(20)17(22)19-9-8-13-5-4-6-14(10-13)18(23)24/h4-6,10,15H,2-3,7-9,11-12H2,1H3,(H,19,22)(H,23,24). The van der Waals surface area contributed by atoms with Crippen LogP contribution in [0.2, 0.25) is 0 Å². The Kier molecular flexibility index (Phi) is 7.31. The minimum absolute atomic E-state index is 0.0427. The van der Waals surface area contributed by atoms with Gasteiger partial charge in [-0.1, -0.05) is 25.5 Å². The largest absolute Gasteiger partial charge is 0.478 e. The minimum Gasteiger partial charge on any atom is -0.478 e. The molecule has 1 aromatic rings. The average Bonchev–Trinajstić information content (AvgIpc) is 3.09. The lowest BCUT2D eigenvalue weighted by atomic mass is 10.1.